The molecular formula is C16H30N2O. The lowest BCUT2D eigenvalue weighted by Gasteiger charge is -2.42. The van der Waals surface area contributed by atoms with Crippen LogP contribution >= 0.6 is 0 Å². The van der Waals surface area contributed by atoms with Gasteiger partial charge in [-0.15, -0.1) is 0 Å². The van der Waals surface area contributed by atoms with E-state index >= 15 is 0 Å². The van der Waals surface area contributed by atoms with E-state index in [1.165, 1.54) is 32.1 Å². The van der Waals surface area contributed by atoms with Gasteiger partial charge in [0, 0.05) is 24.5 Å². The van der Waals surface area contributed by atoms with Gasteiger partial charge in [0.25, 0.3) is 0 Å². The number of carbonyl (C=O) groups excluding carboxylic acids is 1. The van der Waals surface area contributed by atoms with Crippen LogP contribution in [-0.4, -0.2) is 36.0 Å². The lowest BCUT2D eigenvalue weighted by atomic mass is 9.78. The van der Waals surface area contributed by atoms with Crippen molar-refractivity contribution in [3.63, 3.8) is 0 Å². The molecule has 2 atom stereocenters. The van der Waals surface area contributed by atoms with Gasteiger partial charge in [0.1, 0.15) is 0 Å². The molecule has 3 heteroatoms. The van der Waals surface area contributed by atoms with E-state index in [-0.39, 0.29) is 5.54 Å². The maximum atomic E-state index is 12.7. The Morgan fingerprint density at radius 1 is 1.21 bits per heavy atom. The number of piperidine rings is 1. The van der Waals surface area contributed by atoms with Crippen LogP contribution in [0.1, 0.15) is 65.2 Å². The summed E-state index contributed by atoms with van der Waals surface area (Å²) in [5, 5.41) is 3.47. The van der Waals surface area contributed by atoms with Crippen LogP contribution in [0, 0.1) is 5.92 Å². The number of carbonyl (C=O) groups is 1. The SMILES string of the molecule is CNC1(CC(=O)N2CCCC(C)C2C)CCCCC1. The third-order valence-electron chi connectivity index (χ3n) is 5.52. The summed E-state index contributed by atoms with van der Waals surface area (Å²) < 4.78 is 0. The second kappa shape index (κ2) is 6.25. The average molecular weight is 266 g/mol. The summed E-state index contributed by atoms with van der Waals surface area (Å²) in [5.74, 6) is 1.02. The largest absolute Gasteiger partial charge is 0.340 e. The van der Waals surface area contributed by atoms with Crippen LogP contribution in [0.3, 0.4) is 0 Å². The molecule has 1 aliphatic carbocycles. The van der Waals surface area contributed by atoms with Crippen molar-refractivity contribution in [2.75, 3.05) is 13.6 Å². The normalized spacial score (nSPS) is 31.2. The van der Waals surface area contributed by atoms with E-state index in [1.807, 2.05) is 7.05 Å². The minimum absolute atomic E-state index is 0.0791. The number of likely N-dealkylation sites (tertiary alicyclic amines) is 1. The van der Waals surface area contributed by atoms with Crippen LogP contribution in [0.2, 0.25) is 0 Å². The molecule has 2 unspecified atom stereocenters. The van der Waals surface area contributed by atoms with Crippen molar-refractivity contribution in [2.45, 2.75) is 76.8 Å². The van der Waals surface area contributed by atoms with Gasteiger partial charge in [-0.2, -0.15) is 0 Å². The molecule has 3 nitrogen and oxygen atoms in total. The molecule has 1 saturated heterocycles. The summed E-state index contributed by atoms with van der Waals surface area (Å²) in [6.07, 6.45) is 9.31. The van der Waals surface area contributed by atoms with Gasteiger partial charge < -0.3 is 10.2 Å². The molecule has 1 amide bonds. The predicted octanol–water partition coefficient (Wildman–Crippen LogP) is 2.95. The third kappa shape index (κ3) is 3.31. The zero-order valence-corrected chi connectivity index (χ0v) is 12.9. The van der Waals surface area contributed by atoms with Gasteiger partial charge in [-0.1, -0.05) is 26.2 Å². The van der Waals surface area contributed by atoms with E-state index in [0.717, 1.165) is 19.4 Å². The van der Waals surface area contributed by atoms with Crippen LogP contribution in [0.5, 0.6) is 0 Å². The minimum Gasteiger partial charge on any atom is -0.340 e. The summed E-state index contributed by atoms with van der Waals surface area (Å²) in [5.41, 5.74) is 0.0791. The molecule has 2 aliphatic rings. The number of amides is 1. The molecule has 19 heavy (non-hydrogen) atoms. The summed E-state index contributed by atoms with van der Waals surface area (Å²) in [4.78, 5) is 14.8. The predicted molar refractivity (Wildman–Crippen MR) is 79.1 cm³/mol. The van der Waals surface area contributed by atoms with E-state index in [9.17, 15) is 4.79 Å². The second-order valence-electron chi connectivity index (χ2n) is 6.72. The fourth-order valence-electron chi connectivity index (χ4n) is 3.82. The van der Waals surface area contributed by atoms with Gasteiger partial charge in [-0.25, -0.2) is 0 Å². The Hall–Kier alpha value is -0.570. The second-order valence-corrected chi connectivity index (χ2v) is 6.72. The van der Waals surface area contributed by atoms with Crippen molar-refractivity contribution in [1.29, 1.82) is 0 Å². The summed E-state index contributed by atoms with van der Waals surface area (Å²) in [6, 6.07) is 0.416. The van der Waals surface area contributed by atoms with Crippen molar-refractivity contribution in [3.8, 4) is 0 Å². The van der Waals surface area contributed by atoms with Gasteiger partial charge in [-0.05, 0) is 45.6 Å². The number of nitrogens with one attached hydrogen (secondary N) is 1. The van der Waals surface area contributed by atoms with Gasteiger partial charge in [-0.3, -0.25) is 4.79 Å². The molecule has 1 saturated carbocycles. The maximum Gasteiger partial charge on any atom is 0.224 e. The first-order chi connectivity index (χ1) is 9.08. The Balaban J connectivity index is 1.98. The number of hydrogen-bond donors (Lipinski definition) is 1. The third-order valence-corrected chi connectivity index (χ3v) is 5.52. The number of hydrogen-bond acceptors (Lipinski definition) is 2. The smallest absolute Gasteiger partial charge is 0.224 e. The summed E-state index contributed by atoms with van der Waals surface area (Å²) in [6.45, 7) is 5.46. The highest BCUT2D eigenvalue weighted by molar-refractivity contribution is 5.78. The number of nitrogens with zero attached hydrogens (tertiary/aromatic N) is 1. The van der Waals surface area contributed by atoms with Crippen LogP contribution in [0.15, 0.2) is 0 Å². The summed E-state index contributed by atoms with van der Waals surface area (Å²) >= 11 is 0. The molecule has 1 aliphatic heterocycles. The average Bonchev–Trinajstić information content (AvgIpc) is 2.42. The molecule has 0 spiro atoms. The topological polar surface area (TPSA) is 32.3 Å². The first-order valence-corrected chi connectivity index (χ1v) is 8.06. The van der Waals surface area contributed by atoms with Gasteiger partial charge in [0.15, 0.2) is 0 Å². The van der Waals surface area contributed by atoms with Gasteiger partial charge in [0.05, 0.1) is 0 Å². The first-order valence-electron chi connectivity index (χ1n) is 8.06. The van der Waals surface area contributed by atoms with E-state index in [1.54, 1.807) is 0 Å². The molecule has 1 N–H and O–H groups in total. The van der Waals surface area contributed by atoms with Crippen LogP contribution in [0.4, 0.5) is 0 Å². The van der Waals surface area contributed by atoms with Gasteiger partial charge in [0.2, 0.25) is 5.91 Å². The van der Waals surface area contributed by atoms with Gasteiger partial charge >= 0.3 is 0 Å². The van der Waals surface area contributed by atoms with E-state index in [0.29, 0.717) is 24.3 Å². The molecule has 0 aromatic heterocycles. The van der Waals surface area contributed by atoms with Crippen molar-refractivity contribution < 1.29 is 4.79 Å². The fraction of sp³-hybridized carbons (Fsp3) is 0.938. The Labute approximate surface area is 118 Å². The van der Waals surface area contributed by atoms with Crippen LogP contribution in [0.25, 0.3) is 0 Å². The Morgan fingerprint density at radius 3 is 2.53 bits per heavy atom. The minimum atomic E-state index is 0.0791. The molecular weight excluding hydrogens is 236 g/mol. The lowest BCUT2D eigenvalue weighted by molar-refractivity contribution is -0.137. The number of rotatable bonds is 3. The molecule has 110 valence electrons. The first kappa shape index (κ1) is 14.8. The quantitative estimate of drug-likeness (QED) is 0.852. The maximum absolute atomic E-state index is 12.7. The lowest BCUT2D eigenvalue weighted by Crippen LogP contribution is -2.52. The fourth-order valence-corrected chi connectivity index (χ4v) is 3.82. The Morgan fingerprint density at radius 2 is 1.89 bits per heavy atom. The molecule has 1 heterocycles. The highest BCUT2D eigenvalue weighted by Gasteiger charge is 2.36. The van der Waals surface area contributed by atoms with Crippen molar-refractivity contribution in [2.24, 2.45) is 5.92 Å². The van der Waals surface area contributed by atoms with Crippen LogP contribution < -0.4 is 5.32 Å². The molecule has 0 aromatic carbocycles. The molecule has 2 rings (SSSR count). The standard InChI is InChI=1S/C16H30N2O/c1-13-8-7-11-18(14(13)2)15(19)12-16(17-3)9-5-4-6-10-16/h13-14,17H,4-12H2,1-3H3. The van der Waals surface area contributed by atoms with Crippen molar-refractivity contribution in [3.05, 3.63) is 0 Å². The van der Waals surface area contributed by atoms with E-state index in [4.69, 9.17) is 0 Å². The van der Waals surface area contributed by atoms with E-state index in [2.05, 4.69) is 24.1 Å². The molecule has 0 bridgehead atoms. The monoisotopic (exact) mass is 266 g/mol. The zero-order valence-electron chi connectivity index (χ0n) is 12.9. The van der Waals surface area contributed by atoms with E-state index < -0.39 is 0 Å². The van der Waals surface area contributed by atoms with Crippen LogP contribution in [-0.2, 0) is 4.79 Å². The highest BCUT2D eigenvalue weighted by atomic mass is 16.2. The Bertz CT molecular complexity index is 310. The summed E-state index contributed by atoms with van der Waals surface area (Å²) in [7, 11) is 2.03. The van der Waals surface area contributed by atoms with Crippen molar-refractivity contribution in [1.82, 2.24) is 10.2 Å². The van der Waals surface area contributed by atoms with Crippen molar-refractivity contribution >= 4 is 5.91 Å². The molecule has 2 fully saturated rings. The zero-order chi connectivity index (χ0) is 13.9. The highest BCUT2D eigenvalue weighted by Crippen LogP contribution is 2.32. The molecule has 0 radical (unpaired) electrons. The molecule has 0 aromatic rings. The Kier molecular flexibility index (Phi) is 4.88.